The van der Waals surface area contributed by atoms with Crippen LogP contribution >= 0.6 is 7.60 Å². The first-order chi connectivity index (χ1) is 11.3. The van der Waals surface area contributed by atoms with Crippen LogP contribution in [-0.2, 0) is 11.1 Å². The monoisotopic (exact) mass is 352 g/mol. The van der Waals surface area contributed by atoms with Gasteiger partial charge in [0.15, 0.2) is 0 Å². The predicted molar refractivity (Wildman–Crippen MR) is 89.4 cm³/mol. The van der Waals surface area contributed by atoms with Gasteiger partial charge in [-0.3, -0.25) is 18.9 Å². The molecule has 8 nitrogen and oxygen atoms in total. The maximum absolute atomic E-state index is 12.0. The molecule has 0 unspecified atom stereocenters. The molecule has 2 rings (SSSR count). The quantitative estimate of drug-likeness (QED) is 0.526. The second-order valence-corrected chi connectivity index (χ2v) is 6.70. The molecule has 9 heteroatoms. The van der Waals surface area contributed by atoms with E-state index in [1.54, 1.807) is 24.3 Å². The van der Waals surface area contributed by atoms with Gasteiger partial charge in [-0.05, 0) is 17.7 Å². The van der Waals surface area contributed by atoms with Gasteiger partial charge in [0.1, 0.15) is 5.75 Å². The van der Waals surface area contributed by atoms with E-state index in [0.717, 1.165) is 0 Å². The van der Waals surface area contributed by atoms with E-state index >= 15 is 0 Å². The lowest BCUT2D eigenvalue weighted by molar-refractivity contribution is 0.377. The van der Waals surface area contributed by atoms with E-state index in [-0.39, 0.29) is 6.54 Å². The number of ether oxygens (including phenoxy) is 1. The van der Waals surface area contributed by atoms with E-state index in [0.29, 0.717) is 16.9 Å². The fourth-order valence-electron chi connectivity index (χ4n) is 2.02. The van der Waals surface area contributed by atoms with Gasteiger partial charge < -0.3 is 14.5 Å². The van der Waals surface area contributed by atoms with Gasteiger partial charge in [0.05, 0.1) is 18.8 Å². The average molecular weight is 352 g/mol. The molecule has 1 aromatic heterocycles. The van der Waals surface area contributed by atoms with Crippen molar-refractivity contribution in [1.29, 1.82) is 0 Å². The van der Waals surface area contributed by atoms with E-state index in [9.17, 15) is 14.2 Å². The number of aromatic amines is 1. The van der Waals surface area contributed by atoms with E-state index in [4.69, 9.17) is 14.5 Å². The van der Waals surface area contributed by atoms with Crippen molar-refractivity contribution >= 4 is 7.60 Å². The summed E-state index contributed by atoms with van der Waals surface area (Å²) >= 11 is 0. The zero-order valence-corrected chi connectivity index (χ0v) is 13.8. The SMILES string of the molecule is COc1ccc(-c2cn(C/C=C/CP(=O)(O)O)c(=O)[nH]c2=O)cc1. The largest absolute Gasteiger partial charge is 0.497 e. The molecular formula is C15H17N2O6P. The van der Waals surface area contributed by atoms with Crippen LogP contribution in [-0.4, -0.2) is 32.6 Å². The maximum atomic E-state index is 12.0. The molecule has 0 bridgehead atoms. The molecule has 2 aromatic rings. The van der Waals surface area contributed by atoms with Crippen LogP contribution in [0, 0.1) is 0 Å². The van der Waals surface area contributed by atoms with Crippen LogP contribution in [0.15, 0.2) is 52.2 Å². The summed E-state index contributed by atoms with van der Waals surface area (Å²) in [6.07, 6.45) is 3.75. The van der Waals surface area contributed by atoms with Crippen molar-refractivity contribution in [3.63, 3.8) is 0 Å². The van der Waals surface area contributed by atoms with Crippen molar-refractivity contribution < 1.29 is 19.1 Å². The van der Waals surface area contributed by atoms with Gasteiger partial charge in [-0.15, -0.1) is 0 Å². The Kier molecular flexibility index (Phi) is 5.56. The first kappa shape index (κ1) is 17.9. The molecule has 0 radical (unpaired) electrons. The topological polar surface area (TPSA) is 122 Å². The third-order valence-corrected chi connectivity index (χ3v) is 3.91. The Hall–Kier alpha value is -2.41. The molecule has 0 saturated heterocycles. The highest BCUT2D eigenvalue weighted by Crippen LogP contribution is 2.33. The van der Waals surface area contributed by atoms with E-state index in [1.165, 1.54) is 30.0 Å². The van der Waals surface area contributed by atoms with Crippen LogP contribution in [0.25, 0.3) is 11.1 Å². The normalized spacial score (nSPS) is 11.8. The smallest absolute Gasteiger partial charge is 0.329 e. The summed E-state index contributed by atoms with van der Waals surface area (Å²) in [6.45, 7) is 0.0821. The van der Waals surface area contributed by atoms with Gasteiger partial charge in [0, 0.05) is 12.7 Å². The van der Waals surface area contributed by atoms with Gasteiger partial charge >= 0.3 is 13.3 Å². The molecule has 0 spiro atoms. The van der Waals surface area contributed by atoms with E-state index < -0.39 is 25.0 Å². The first-order valence-electron chi connectivity index (χ1n) is 6.98. The molecule has 128 valence electrons. The molecule has 3 N–H and O–H groups in total. The number of hydrogen-bond acceptors (Lipinski definition) is 4. The Balaban J connectivity index is 2.29. The van der Waals surface area contributed by atoms with Crippen molar-refractivity contribution in [2.45, 2.75) is 6.54 Å². The number of allylic oxidation sites excluding steroid dienone is 2. The Bertz CT molecular complexity index is 891. The van der Waals surface area contributed by atoms with Crippen LogP contribution in [0.5, 0.6) is 5.75 Å². The first-order valence-corrected chi connectivity index (χ1v) is 8.77. The highest BCUT2D eigenvalue weighted by Gasteiger charge is 2.09. The molecular weight excluding hydrogens is 335 g/mol. The van der Waals surface area contributed by atoms with Gasteiger partial charge in [-0.25, -0.2) is 4.79 Å². The minimum Gasteiger partial charge on any atom is -0.497 e. The number of methoxy groups -OCH3 is 1. The van der Waals surface area contributed by atoms with Gasteiger partial charge in [0.25, 0.3) is 5.56 Å². The van der Waals surface area contributed by atoms with Gasteiger partial charge in [-0.1, -0.05) is 24.3 Å². The Morgan fingerprint density at radius 1 is 1.21 bits per heavy atom. The zero-order chi connectivity index (χ0) is 17.7. The van der Waals surface area contributed by atoms with E-state index in [2.05, 4.69) is 4.98 Å². The molecule has 0 aliphatic heterocycles. The lowest BCUT2D eigenvalue weighted by Gasteiger charge is -2.06. The Labute approximate surface area is 137 Å². The number of H-pyrrole nitrogens is 1. The third-order valence-electron chi connectivity index (χ3n) is 3.22. The number of nitrogens with one attached hydrogen (secondary N) is 1. The molecule has 24 heavy (non-hydrogen) atoms. The summed E-state index contributed by atoms with van der Waals surface area (Å²) in [5.41, 5.74) is -0.190. The molecule has 0 aliphatic rings. The van der Waals surface area contributed by atoms with Crippen LogP contribution in [0.3, 0.4) is 0 Å². The highest BCUT2D eigenvalue weighted by atomic mass is 31.2. The van der Waals surface area contributed by atoms with Crippen molar-refractivity contribution in [2.75, 3.05) is 13.3 Å². The average Bonchev–Trinajstić information content (AvgIpc) is 2.52. The second-order valence-electron chi connectivity index (χ2n) is 5.00. The van der Waals surface area contributed by atoms with Crippen molar-refractivity contribution in [2.24, 2.45) is 0 Å². The molecule has 0 atom stereocenters. The minimum atomic E-state index is -4.12. The molecule has 0 fully saturated rings. The van der Waals surface area contributed by atoms with Gasteiger partial charge in [-0.2, -0.15) is 0 Å². The van der Waals surface area contributed by atoms with Crippen LogP contribution in [0.1, 0.15) is 0 Å². The van der Waals surface area contributed by atoms with Crippen LogP contribution in [0.2, 0.25) is 0 Å². The van der Waals surface area contributed by atoms with E-state index in [1.807, 2.05) is 0 Å². The third kappa shape index (κ3) is 4.79. The number of hydrogen-bond donors (Lipinski definition) is 3. The zero-order valence-electron chi connectivity index (χ0n) is 12.9. The Morgan fingerprint density at radius 2 is 1.88 bits per heavy atom. The van der Waals surface area contributed by atoms with Crippen LogP contribution < -0.4 is 16.0 Å². The summed E-state index contributed by atoms with van der Waals surface area (Å²) in [7, 11) is -2.58. The molecule has 0 aliphatic carbocycles. The summed E-state index contributed by atoms with van der Waals surface area (Å²) in [4.78, 5) is 43.6. The van der Waals surface area contributed by atoms with Crippen molar-refractivity contribution in [1.82, 2.24) is 9.55 Å². The molecule has 0 saturated carbocycles. The lowest BCUT2D eigenvalue weighted by Crippen LogP contribution is -2.30. The molecule has 1 heterocycles. The lowest BCUT2D eigenvalue weighted by atomic mass is 10.1. The fraction of sp³-hybridized carbons (Fsp3) is 0.200. The standard InChI is InChI=1S/C15H17N2O6P/c1-23-12-6-4-11(5-7-12)13-10-17(15(19)16-14(13)18)8-2-3-9-24(20,21)22/h2-7,10H,8-9H2,1H3,(H,16,18,19)(H2,20,21,22)/b3-2+. The van der Waals surface area contributed by atoms with Crippen LogP contribution in [0.4, 0.5) is 0 Å². The number of rotatable bonds is 6. The summed E-state index contributed by atoms with van der Waals surface area (Å²) in [5, 5.41) is 0. The number of aromatic nitrogens is 2. The molecule has 1 aromatic carbocycles. The maximum Gasteiger partial charge on any atom is 0.329 e. The number of benzene rings is 1. The minimum absolute atomic E-state index is 0.0821. The highest BCUT2D eigenvalue weighted by molar-refractivity contribution is 7.51. The second kappa shape index (κ2) is 7.44. The Morgan fingerprint density at radius 3 is 2.46 bits per heavy atom. The van der Waals surface area contributed by atoms with Gasteiger partial charge in [0.2, 0.25) is 0 Å². The molecule has 0 amide bonds. The van der Waals surface area contributed by atoms with Crippen molar-refractivity contribution in [3.8, 4) is 16.9 Å². The predicted octanol–water partition coefficient (Wildman–Crippen LogP) is 0.946. The number of nitrogens with zero attached hydrogens (tertiary/aromatic N) is 1. The fourth-order valence-corrected chi connectivity index (χ4v) is 2.44. The van der Waals surface area contributed by atoms with Crippen molar-refractivity contribution in [3.05, 3.63) is 63.5 Å². The summed E-state index contributed by atoms with van der Waals surface area (Å²) < 4.78 is 17.1. The summed E-state index contributed by atoms with van der Waals surface area (Å²) in [6, 6.07) is 6.79. The summed E-state index contributed by atoms with van der Waals surface area (Å²) in [5.74, 6) is 0.642.